The molecule has 4 aliphatic rings. The van der Waals surface area contributed by atoms with Gasteiger partial charge in [0.1, 0.15) is 0 Å². The number of nitrogens with zero attached hydrogens (tertiary/aromatic N) is 2. The van der Waals surface area contributed by atoms with Gasteiger partial charge in [-0.2, -0.15) is 0 Å². The van der Waals surface area contributed by atoms with Gasteiger partial charge < -0.3 is 9.80 Å². The van der Waals surface area contributed by atoms with Crippen molar-refractivity contribution in [2.24, 2.45) is 0 Å². The molecule has 0 fully saturated rings. The van der Waals surface area contributed by atoms with Crippen LogP contribution in [-0.4, -0.2) is 0 Å². The summed E-state index contributed by atoms with van der Waals surface area (Å²) < 4.78 is 0. The van der Waals surface area contributed by atoms with Crippen LogP contribution in [0.3, 0.4) is 0 Å². The number of hydrogen-bond donors (Lipinski definition) is 0. The van der Waals surface area contributed by atoms with Gasteiger partial charge in [0.05, 0.1) is 17.1 Å². The van der Waals surface area contributed by atoms with Crippen molar-refractivity contribution in [1.29, 1.82) is 0 Å². The van der Waals surface area contributed by atoms with Crippen molar-refractivity contribution >= 4 is 55.7 Å². The number of para-hydroxylation sites is 2. The molecule has 0 radical (unpaired) electrons. The maximum atomic E-state index is 2.67. The number of fused-ring (bicyclic) bond motifs is 5. The molecule has 3 heterocycles. The van der Waals surface area contributed by atoms with Crippen molar-refractivity contribution in [2.75, 3.05) is 9.80 Å². The summed E-state index contributed by atoms with van der Waals surface area (Å²) in [5, 5.41) is 4.96. The molecule has 310 valence electrons. The van der Waals surface area contributed by atoms with Crippen molar-refractivity contribution in [1.82, 2.24) is 0 Å². The van der Waals surface area contributed by atoms with Crippen molar-refractivity contribution in [3.63, 3.8) is 0 Å². The summed E-state index contributed by atoms with van der Waals surface area (Å²) in [5.74, 6) is 0. The van der Waals surface area contributed by atoms with Crippen molar-refractivity contribution in [2.45, 2.75) is 77.0 Å². The van der Waals surface area contributed by atoms with Crippen LogP contribution in [0.5, 0.6) is 0 Å². The van der Waals surface area contributed by atoms with Crippen molar-refractivity contribution in [3.05, 3.63) is 214 Å². The standard InChI is InChI=1S/C62H52N2/c1-59(2)48-19-13-21-50-56(48)64-57-49(59)20-14-22-51(57)61(5,6)55-35-42(34-54(58(55)64)60(50,3)4)41-25-29-46-47-30-28-45(36-53(47)62(7,8)52(46)33-41)63(43-26-23-37-15-9-11-17-39(37)31-43)44-27-24-38-16-10-12-18-40(38)32-44/h9-36H,1-8H3. The summed E-state index contributed by atoms with van der Waals surface area (Å²) in [6, 6.07) is 64.7. The molecule has 0 unspecified atom stereocenters. The fraction of sp³-hybridized carbons (Fsp3) is 0.194. The van der Waals surface area contributed by atoms with Gasteiger partial charge in [0, 0.05) is 38.7 Å². The summed E-state index contributed by atoms with van der Waals surface area (Å²) in [6.07, 6.45) is 0. The first-order valence-corrected chi connectivity index (χ1v) is 23.1. The molecule has 9 aromatic rings. The lowest BCUT2D eigenvalue weighted by Gasteiger charge is -2.55. The van der Waals surface area contributed by atoms with Crippen molar-refractivity contribution in [3.8, 4) is 22.3 Å². The SMILES string of the molecule is CC1(C)c2cc(-c3cc4c5c(c3)C(C)(C)c3cccc6c3N5c3c(cccc3C4(C)C)C6(C)C)ccc2-c2ccc(N(c3ccc4ccccc4c3)c3ccc4ccccc4c3)cc21. The Bertz CT molecular complexity index is 3350. The molecule has 1 aliphatic carbocycles. The first kappa shape index (κ1) is 37.6. The largest absolute Gasteiger partial charge is 0.310 e. The highest BCUT2D eigenvalue weighted by atomic mass is 15.2. The smallest absolute Gasteiger partial charge is 0.0544 e. The molecule has 0 saturated carbocycles. The third-order valence-corrected chi connectivity index (χ3v) is 16.1. The predicted octanol–water partition coefficient (Wildman–Crippen LogP) is 16.8. The van der Waals surface area contributed by atoms with Gasteiger partial charge in [0.15, 0.2) is 0 Å². The van der Waals surface area contributed by atoms with Crippen LogP contribution in [0.4, 0.5) is 34.1 Å². The number of benzene rings is 9. The van der Waals surface area contributed by atoms with Gasteiger partial charge in [-0.1, -0.05) is 171 Å². The van der Waals surface area contributed by atoms with E-state index in [1.807, 2.05) is 0 Å². The van der Waals surface area contributed by atoms with Gasteiger partial charge in [-0.3, -0.25) is 0 Å². The average Bonchev–Trinajstić information content (AvgIpc) is 3.52. The zero-order valence-electron chi connectivity index (χ0n) is 38.1. The first-order valence-electron chi connectivity index (χ1n) is 23.1. The van der Waals surface area contributed by atoms with Crippen LogP contribution >= 0.6 is 0 Å². The van der Waals surface area contributed by atoms with E-state index in [4.69, 9.17) is 0 Å². The average molecular weight is 825 g/mol. The van der Waals surface area contributed by atoms with Gasteiger partial charge in [0.25, 0.3) is 0 Å². The first-order chi connectivity index (χ1) is 30.7. The van der Waals surface area contributed by atoms with Gasteiger partial charge in [-0.05, 0) is 143 Å². The third-order valence-electron chi connectivity index (χ3n) is 16.1. The second-order valence-corrected chi connectivity index (χ2v) is 21.0. The summed E-state index contributed by atoms with van der Waals surface area (Å²) in [5.41, 5.74) is 23.4. The Balaban J connectivity index is 0.955. The molecule has 64 heavy (non-hydrogen) atoms. The molecule has 0 amide bonds. The highest BCUT2D eigenvalue weighted by Crippen LogP contribution is 2.66. The molecule has 3 aliphatic heterocycles. The van der Waals surface area contributed by atoms with Crippen LogP contribution in [0, 0.1) is 0 Å². The molecule has 0 N–H and O–H groups in total. The summed E-state index contributed by atoms with van der Waals surface area (Å²) in [7, 11) is 0. The third kappa shape index (κ3) is 4.81. The monoisotopic (exact) mass is 824 g/mol. The maximum Gasteiger partial charge on any atom is 0.0544 e. The fourth-order valence-electron chi connectivity index (χ4n) is 12.5. The summed E-state index contributed by atoms with van der Waals surface area (Å²) in [6.45, 7) is 19.5. The van der Waals surface area contributed by atoms with Gasteiger partial charge in [0.2, 0.25) is 0 Å². The fourth-order valence-corrected chi connectivity index (χ4v) is 12.5. The molecular formula is C62H52N2. The minimum atomic E-state index is -0.221. The number of hydrogen-bond acceptors (Lipinski definition) is 2. The lowest BCUT2D eigenvalue weighted by atomic mass is 9.60. The minimum absolute atomic E-state index is 0.102. The van der Waals surface area contributed by atoms with E-state index >= 15 is 0 Å². The molecule has 0 bridgehead atoms. The molecule has 2 nitrogen and oxygen atoms in total. The minimum Gasteiger partial charge on any atom is -0.310 e. The zero-order valence-corrected chi connectivity index (χ0v) is 38.1. The van der Waals surface area contributed by atoms with Gasteiger partial charge in [-0.15, -0.1) is 0 Å². The van der Waals surface area contributed by atoms with Crippen LogP contribution in [0.1, 0.15) is 99.9 Å². The lowest BCUT2D eigenvalue weighted by Crippen LogP contribution is -2.43. The Labute approximate surface area is 377 Å². The normalized spacial score (nSPS) is 16.9. The molecular weight excluding hydrogens is 773 g/mol. The van der Waals surface area contributed by atoms with Gasteiger partial charge >= 0.3 is 0 Å². The van der Waals surface area contributed by atoms with Crippen LogP contribution in [0.2, 0.25) is 0 Å². The zero-order chi connectivity index (χ0) is 43.7. The topological polar surface area (TPSA) is 6.48 Å². The van der Waals surface area contributed by atoms with Crippen molar-refractivity contribution < 1.29 is 0 Å². The van der Waals surface area contributed by atoms with E-state index in [-0.39, 0.29) is 21.7 Å². The molecule has 2 heteroatoms. The number of anilines is 6. The van der Waals surface area contributed by atoms with Gasteiger partial charge in [-0.25, -0.2) is 0 Å². The maximum absolute atomic E-state index is 2.67. The van der Waals surface area contributed by atoms with E-state index in [9.17, 15) is 0 Å². The highest BCUT2D eigenvalue weighted by molar-refractivity contribution is 6.00. The van der Waals surface area contributed by atoms with Crippen LogP contribution in [0.15, 0.2) is 170 Å². The Kier molecular flexibility index (Phi) is 7.30. The predicted molar refractivity (Wildman–Crippen MR) is 270 cm³/mol. The van der Waals surface area contributed by atoms with Crippen LogP contribution in [-0.2, 0) is 21.7 Å². The molecule has 0 atom stereocenters. The number of rotatable bonds is 4. The highest BCUT2D eigenvalue weighted by Gasteiger charge is 2.51. The van der Waals surface area contributed by atoms with Crippen LogP contribution in [0.25, 0.3) is 43.8 Å². The van der Waals surface area contributed by atoms with E-state index < -0.39 is 0 Å². The summed E-state index contributed by atoms with van der Waals surface area (Å²) >= 11 is 0. The molecule has 0 saturated heterocycles. The Morgan fingerprint density at radius 3 is 1.19 bits per heavy atom. The second kappa shape index (κ2) is 12.4. The quantitative estimate of drug-likeness (QED) is 0.174. The van der Waals surface area contributed by atoms with E-state index in [1.54, 1.807) is 0 Å². The molecule has 0 spiro atoms. The van der Waals surface area contributed by atoms with Crippen LogP contribution < -0.4 is 9.80 Å². The second-order valence-electron chi connectivity index (χ2n) is 21.0. The van der Waals surface area contributed by atoms with E-state index in [0.717, 1.165) is 17.1 Å². The van der Waals surface area contributed by atoms with E-state index in [0.29, 0.717) is 0 Å². The molecule has 13 rings (SSSR count). The molecule has 9 aromatic carbocycles. The van der Waals surface area contributed by atoms with E-state index in [1.165, 1.54) is 105 Å². The Morgan fingerprint density at radius 1 is 0.297 bits per heavy atom. The Morgan fingerprint density at radius 2 is 0.672 bits per heavy atom. The molecule has 0 aromatic heterocycles. The Hall–Kier alpha value is -6.90. The lowest BCUT2D eigenvalue weighted by molar-refractivity contribution is 0.567. The summed E-state index contributed by atoms with van der Waals surface area (Å²) in [4.78, 5) is 5.11. The van der Waals surface area contributed by atoms with E-state index in [2.05, 4.69) is 235 Å².